The minimum Gasteiger partial charge on any atom is -0.481 e. The molecule has 1 aromatic heterocycles. The van der Waals surface area contributed by atoms with Gasteiger partial charge in [-0.05, 0) is 32.0 Å². The van der Waals surface area contributed by atoms with Crippen molar-refractivity contribution in [2.24, 2.45) is 0 Å². The van der Waals surface area contributed by atoms with Gasteiger partial charge in [0.05, 0.1) is 18.2 Å². The maximum absolute atomic E-state index is 12.6. The van der Waals surface area contributed by atoms with Crippen molar-refractivity contribution in [3.63, 3.8) is 0 Å². The zero-order valence-electron chi connectivity index (χ0n) is 13.5. The molecule has 122 valence electrons. The van der Waals surface area contributed by atoms with Crippen LogP contribution in [0.4, 0.5) is 0 Å². The first-order valence-electron chi connectivity index (χ1n) is 8.22. The summed E-state index contributed by atoms with van der Waals surface area (Å²) in [6.07, 6.45) is 3.85. The van der Waals surface area contributed by atoms with E-state index in [1.54, 1.807) is 13.2 Å². The second kappa shape index (κ2) is 7.42. The number of para-hydroxylation sites is 1. The first-order valence-corrected chi connectivity index (χ1v) is 8.22. The number of hydrogen-bond acceptors (Lipinski definition) is 4. The normalized spacial score (nSPS) is 15.5. The van der Waals surface area contributed by atoms with Crippen molar-refractivity contribution in [1.29, 1.82) is 0 Å². The molecule has 1 fully saturated rings. The molecule has 1 N–H and O–H groups in total. The Morgan fingerprint density at radius 2 is 2.04 bits per heavy atom. The lowest BCUT2D eigenvalue weighted by atomic mass is 10.1. The van der Waals surface area contributed by atoms with Crippen molar-refractivity contribution in [2.75, 3.05) is 33.3 Å². The van der Waals surface area contributed by atoms with Gasteiger partial charge in [0.1, 0.15) is 0 Å². The maximum Gasteiger partial charge on any atom is 0.252 e. The quantitative estimate of drug-likeness (QED) is 0.921. The number of ether oxygens (including phenoxy) is 1. The molecule has 23 heavy (non-hydrogen) atoms. The van der Waals surface area contributed by atoms with Gasteiger partial charge in [0.2, 0.25) is 5.88 Å². The van der Waals surface area contributed by atoms with E-state index < -0.39 is 0 Å². The number of methoxy groups -OCH3 is 1. The number of aromatic nitrogens is 1. The number of amides is 1. The maximum atomic E-state index is 12.6. The zero-order valence-corrected chi connectivity index (χ0v) is 13.5. The third kappa shape index (κ3) is 3.79. The SMILES string of the molecule is COc1cc(C(=O)NCCN2CCCCC2)c2ccccc2n1. The molecule has 1 aliphatic heterocycles. The Balaban J connectivity index is 1.69. The van der Waals surface area contributed by atoms with Gasteiger partial charge in [0.25, 0.3) is 5.91 Å². The average molecular weight is 313 g/mol. The molecular weight excluding hydrogens is 290 g/mol. The molecule has 2 aromatic rings. The predicted octanol–water partition coefficient (Wildman–Crippen LogP) is 2.46. The summed E-state index contributed by atoms with van der Waals surface area (Å²) in [7, 11) is 1.56. The Hall–Kier alpha value is -2.14. The monoisotopic (exact) mass is 313 g/mol. The van der Waals surface area contributed by atoms with Crippen LogP contribution in [0.5, 0.6) is 5.88 Å². The Morgan fingerprint density at radius 1 is 1.26 bits per heavy atom. The van der Waals surface area contributed by atoms with Gasteiger partial charge in [0, 0.05) is 24.5 Å². The van der Waals surface area contributed by atoms with E-state index in [1.165, 1.54) is 19.3 Å². The van der Waals surface area contributed by atoms with E-state index in [9.17, 15) is 4.79 Å². The molecule has 5 nitrogen and oxygen atoms in total. The zero-order chi connectivity index (χ0) is 16.1. The summed E-state index contributed by atoms with van der Waals surface area (Å²) in [4.78, 5) is 19.3. The average Bonchev–Trinajstić information content (AvgIpc) is 2.61. The van der Waals surface area contributed by atoms with Crippen LogP contribution in [0.2, 0.25) is 0 Å². The molecule has 1 aromatic carbocycles. The highest BCUT2D eigenvalue weighted by atomic mass is 16.5. The number of carbonyl (C=O) groups excluding carboxylic acids is 1. The largest absolute Gasteiger partial charge is 0.481 e. The Kier molecular flexibility index (Phi) is 5.08. The third-order valence-corrected chi connectivity index (χ3v) is 4.31. The molecule has 1 saturated heterocycles. The van der Waals surface area contributed by atoms with Gasteiger partial charge >= 0.3 is 0 Å². The molecule has 0 aliphatic carbocycles. The molecule has 0 spiro atoms. The summed E-state index contributed by atoms with van der Waals surface area (Å²) < 4.78 is 5.21. The van der Waals surface area contributed by atoms with Crippen LogP contribution < -0.4 is 10.1 Å². The molecule has 1 aliphatic rings. The number of nitrogens with zero attached hydrogens (tertiary/aromatic N) is 2. The first-order chi connectivity index (χ1) is 11.3. The Morgan fingerprint density at radius 3 is 2.83 bits per heavy atom. The number of carbonyl (C=O) groups is 1. The highest BCUT2D eigenvalue weighted by Crippen LogP contribution is 2.21. The van der Waals surface area contributed by atoms with E-state index >= 15 is 0 Å². The molecule has 2 heterocycles. The van der Waals surface area contributed by atoms with Gasteiger partial charge in [-0.3, -0.25) is 4.79 Å². The van der Waals surface area contributed by atoms with Crippen molar-refractivity contribution >= 4 is 16.8 Å². The molecular formula is C18H23N3O2. The number of fused-ring (bicyclic) bond motifs is 1. The first kappa shape index (κ1) is 15.7. The van der Waals surface area contributed by atoms with Crippen LogP contribution >= 0.6 is 0 Å². The van der Waals surface area contributed by atoms with Crippen LogP contribution in [0, 0.1) is 0 Å². The van der Waals surface area contributed by atoms with Gasteiger partial charge in [-0.1, -0.05) is 24.6 Å². The molecule has 0 bridgehead atoms. The molecule has 3 rings (SSSR count). The lowest BCUT2D eigenvalue weighted by Crippen LogP contribution is -2.37. The highest BCUT2D eigenvalue weighted by molar-refractivity contribution is 6.06. The number of likely N-dealkylation sites (tertiary alicyclic amines) is 1. The fraction of sp³-hybridized carbons (Fsp3) is 0.444. The summed E-state index contributed by atoms with van der Waals surface area (Å²) in [6, 6.07) is 9.34. The van der Waals surface area contributed by atoms with Crippen LogP contribution in [-0.4, -0.2) is 49.1 Å². The lowest BCUT2D eigenvalue weighted by Gasteiger charge is -2.26. The molecule has 0 radical (unpaired) electrons. The van der Waals surface area contributed by atoms with Crippen LogP contribution in [-0.2, 0) is 0 Å². The Bertz CT molecular complexity index is 681. The summed E-state index contributed by atoms with van der Waals surface area (Å²) in [5.74, 6) is 0.392. The number of hydrogen-bond donors (Lipinski definition) is 1. The smallest absolute Gasteiger partial charge is 0.252 e. The van der Waals surface area contributed by atoms with Gasteiger partial charge in [0.15, 0.2) is 0 Å². The molecule has 0 atom stereocenters. The van der Waals surface area contributed by atoms with Gasteiger partial charge in [-0.15, -0.1) is 0 Å². The summed E-state index contributed by atoms with van der Waals surface area (Å²) in [5.41, 5.74) is 1.39. The van der Waals surface area contributed by atoms with E-state index in [0.29, 0.717) is 18.0 Å². The number of rotatable bonds is 5. The molecule has 1 amide bonds. The van der Waals surface area contributed by atoms with Gasteiger partial charge in [-0.2, -0.15) is 0 Å². The molecule has 5 heteroatoms. The Labute approximate surface area is 136 Å². The summed E-state index contributed by atoms with van der Waals surface area (Å²) in [6.45, 7) is 3.85. The van der Waals surface area contributed by atoms with E-state index in [2.05, 4.69) is 15.2 Å². The van der Waals surface area contributed by atoms with Crippen molar-refractivity contribution < 1.29 is 9.53 Å². The predicted molar refractivity (Wildman–Crippen MR) is 90.9 cm³/mol. The number of benzene rings is 1. The lowest BCUT2D eigenvalue weighted by molar-refractivity contribution is 0.0948. The number of pyridine rings is 1. The second-order valence-electron chi connectivity index (χ2n) is 5.89. The molecule has 0 saturated carbocycles. The third-order valence-electron chi connectivity index (χ3n) is 4.31. The van der Waals surface area contributed by atoms with E-state index in [0.717, 1.165) is 30.5 Å². The standard InChI is InChI=1S/C18H23N3O2/c1-23-17-13-15(14-7-3-4-8-16(14)20-17)18(22)19-9-12-21-10-5-2-6-11-21/h3-4,7-8,13H,2,5-6,9-12H2,1H3,(H,19,22). The fourth-order valence-electron chi connectivity index (χ4n) is 3.05. The van der Waals surface area contributed by atoms with Crippen LogP contribution in [0.3, 0.4) is 0 Å². The van der Waals surface area contributed by atoms with Crippen molar-refractivity contribution in [3.8, 4) is 5.88 Å². The number of nitrogens with one attached hydrogen (secondary N) is 1. The van der Waals surface area contributed by atoms with Gasteiger partial charge < -0.3 is 15.0 Å². The van der Waals surface area contributed by atoms with E-state index in [4.69, 9.17) is 4.74 Å². The van der Waals surface area contributed by atoms with Crippen molar-refractivity contribution in [1.82, 2.24) is 15.2 Å². The van der Waals surface area contributed by atoms with E-state index in [1.807, 2.05) is 24.3 Å². The second-order valence-corrected chi connectivity index (χ2v) is 5.89. The highest BCUT2D eigenvalue weighted by Gasteiger charge is 2.14. The van der Waals surface area contributed by atoms with Gasteiger partial charge in [-0.25, -0.2) is 4.98 Å². The minimum atomic E-state index is -0.0705. The number of piperidine rings is 1. The van der Waals surface area contributed by atoms with Crippen LogP contribution in [0.25, 0.3) is 10.9 Å². The topological polar surface area (TPSA) is 54.5 Å². The minimum absolute atomic E-state index is 0.0705. The summed E-state index contributed by atoms with van der Waals surface area (Å²) in [5, 5.41) is 3.88. The summed E-state index contributed by atoms with van der Waals surface area (Å²) >= 11 is 0. The van der Waals surface area contributed by atoms with Crippen LogP contribution in [0.15, 0.2) is 30.3 Å². The van der Waals surface area contributed by atoms with E-state index in [-0.39, 0.29) is 5.91 Å². The van der Waals surface area contributed by atoms with Crippen molar-refractivity contribution in [2.45, 2.75) is 19.3 Å². The van der Waals surface area contributed by atoms with Crippen LogP contribution in [0.1, 0.15) is 29.6 Å². The fourth-order valence-corrected chi connectivity index (χ4v) is 3.05. The molecule has 0 unspecified atom stereocenters. The van der Waals surface area contributed by atoms with Crippen molar-refractivity contribution in [3.05, 3.63) is 35.9 Å².